The summed E-state index contributed by atoms with van der Waals surface area (Å²) in [5, 5.41) is 22.7. The standard InChI is InChI=1S/C16H28N2O4S.C15H25NO6S.CH4/c1-10(19)13(17)6-5-12(20)7-11(9-23)15(22)18-8-14(21)16(2,3)4;1-15(2,3)12(19)7-16-13(20)9(8-23)6-10(17)4-5-11(18)14(21)22;/h11,13,23H,5-9,17H2,1-4H3,(H,18,22);9,11,18,23H,4-8H2,1-3H3,(H,16,20)(H,21,22);1H4. The van der Waals surface area contributed by atoms with E-state index in [-0.39, 0.29) is 105 Å². The zero-order valence-electron chi connectivity index (χ0n) is 28.0. The van der Waals surface area contributed by atoms with E-state index in [4.69, 9.17) is 15.9 Å². The van der Waals surface area contributed by atoms with E-state index in [2.05, 4.69) is 35.9 Å². The van der Waals surface area contributed by atoms with Crippen molar-refractivity contribution in [2.24, 2.45) is 28.4 Å². The summed E-state index contributed by atoms with van der Waals surface area (Å²) in [6.45, 7) is 11.8. The van der Waals surface area contributed by atoms with Crippen molar-refractivity contribution in [3.05, 3.63) is 0 Å². The molecule has 13 nitrogen and oxygen atoms in total. The van der Waals surface area contributed by atoms with Crippen molar-refractivity contribution in [3.8, 4) is 0 Å². The number of carboxylic acid groups (broad SMARTS) is 1. The summed E-state index contributed by atoms with van der Waals surface area (Å²) in [6.07, 6.45) is -1.57. The van der Waals surface area contributed by atoms with Crippen molar-refractivity contribution >= 4 is 72.0 Å². The second kappa shape index (κ2) is 23.7. The lowest BCUT2D eigenvalue weighted by atomic mass is 9.90. The van der Waals surface area contributed by atoms with Crippen LogP contribution in [0.1, 0.15) is 94.4 Å². The molecule has 272 valence electrons. The first-order valence-electron chi connectivity index (χ1n) is 15.0. The molecule has 0 aromatic carbocycles. The van der Waals surface area contributed by atoms with E-state index in [1.807, 2.05) is 0 Å². The van der Waals surface area contributed by atoms with Gasteiger partial charge in [-0.15, -0.1) is 0 Å². The zero-order valence-corrected chi connectivity index (χ0v) is 29.8. The van der Waals surface area contributed by atoms with E-state index in [9.17, 15) is 38.4 Å². The van der Waals surface area contributed by atoms with Gasteiger partial charge < -0.3 is 26.6 Å². The molecule has 0 bridgehead atoms. The monoisotopic (exact) mass is 707 g/mol. The molecule has 4 atom stereocenters. The third-order valence-electron chi connectivity index (χ3n) is 6.89. The lowest BCUT2D eigenvalue weighted by Crippen LogP contribution is -2.39. The summed E-state index contributed by atoms with van der Waals surface area (Å²) >= 11 is 8.13. The number of thiol groups is 2. The lowest BCUT2D eigenvalue weighted by molar-refractivity contribution is -0.147. The van der Waals surface area contributed by atoms with Crippen molar-refractivity contribution in [1.29, 1.82) is 0 Å². The Morgan fingerprint density at radius 1 is 0.702 bits per heavy atom. The van der Waals surface area contributed by atoms with Crippen LogP contribution in [0.15, 0.2) is 0 Å². The average Bonchev–Trinajstić information content (AvgIpc) is 2.96. The smallest absolute Gasteiger partial charge is 0.332 e. The summed E-state index contributed by atoms with van der Waals surface area (Å²) in [5.74, 6) is -3.98. The highest BCUT2D eigenvalue weighted by atomic mass is 32.1. The largest absolute Gasteiger partial charge is 0.479 e. The molecular formula is C32H57N3O10S2. The zero-order chi connectivity index (χ0) is 36.4. The maximum atomic E-state index is 12.0. The normalized spacial score (nSPS) is 13.7. The van der Waals surface area contributed by atoms with Crippen molar-refractivity contribution in [1.82, 2.24) is 10.6 Å². The van der Waals surface area contributed by atoms with Gasteiger partial charge in [0.1, 0.15) is 17.3 Å². The molecule has 0 rings (SSSR count). The van der Waals surface area contributed by atoms with Gasteiger partial charge in [0, 0.05) is 48.0 Å². The van der Waals surface area contributed by atoms with E-state index in [1.54, 1.807) is 41.5 Å². The second-order valence-electron chi connectivity index (χ2n) is 13.2. The van der Waals surface area contributed by atoms with Crippen LogP contribution in [0, 0.1) is 22.7 Å². The second-order valence-corrected chi connectivity index (χ2v) is 13.9. The molecule has 4 unspecified atom stereocenters. The number of carbonyl (C=O) groups excluding carboxylic acids is 7. The Labute approximate surface area is 290 Å². The van der Waals surface area contributed by atoms with Gasteiger partial charge in [0.15, 0.2) is 17.7 Å². The molecule has 15 heteroatoms. The fraction of sp³-hybridized carbons (Fsp3) is 0.750. The maximum Gasteiger partial charge on any atom is 0.332 e. The third-order valence-corrected chi connectivity index (χ3v) is 7.77. The fourth-order valence-corrected chi connectivity index (χ4v) is 3.92. The average molecular weight is 708 g/mol. The number of hydrogen-bond donors (Lipinski definition) is 7. The van der Waals surface area contributed by atoms with Crippen LogP contribution in [0.4, 0.5) is 0 Å². The third kappa shape index (κ3) is 22.6. The number of hydrogen-bond acceptors (Lipinski definition) is 12. The number of aliphatic hydroxyl groups is 1. The molecule has 6 N–H and O–H groups in total. The molecule has 0 saturated carbocycles. The van der Waals surface area contributed by atoms with Crippen molar-refractivity contribution < 1.29 is 48.6 Å². The predicted octanol–water partition coefficient (Wildman–Crippen LogP) is 2.00. The van der Waals surface area contributed by atoms with Gasteiger partial charge in [-0.3, -0.25) is 33.6 Å². The van der Waals surface area contributed by atoms with Crippen LogP contribution in [0.5, 0.6) is 0 Å². The number of Topliss-reactive ketones (excluding diaryl/α,β-unsaturated/α-hetero) is 5. The Morgan fingerprint density at radius 3 is 1.32 bits per heavy atom. The number of nitrogens with two attached hydrogens (primary N) is 1. The molecule has 0 aromatic rings. The molecule has 0 aliphatic heterocycles. The molecule has 0 heterocycles. The molecule has 0 aromatic heterocycles. The summed E-state index contributed by atoms with van der Waals surface area (Å²) in [7, 11) is 0. The molecule has 0 radical (unpaired) electrons. The fourth-order valence-electron chi connectivity index (χ4n) is 3.33. The van der Waals surface area contributed by atoms with Gasteiger partial charge in [0.25, 0.3) is 0 Å². The number of carbonyl (C=O) groups is 8. The summed E-state index contributed by atoms with van der Waals surface area (Å²) < 4.78 is 0. The summed E-state index contributed by atoms with van der Waals surface area (Å²) in [4.78, 5) is 92.7. The first-order valence-corrected chi connectivity index (χ1v) is 16.3. The van der Waals surface area contributed by atoms with Crippen LogP contribution in [0.25, 0.3) is 0 Å². The number of carboxylic acids is 1. The predicted molar refractivity (Wildman–Crippen MR) is 186 cm³/mol. The summed E-state index contributed by atoms with van der Waals surface area (Å²) in [6, 6.07) is -0.647. The minimum Gasteiger partial charge on any atom is -0.479 e. The van der Waals surface area contributed by atoms with Crippen LogP contribution >= 0.6 is 25.3 Å². The Morgan fingerprint density at radius 2 is 1.04 bits per heavy atom. The summed E-state index contributed by atoms with van der Waals surface area (Å²) in [5.41, 5.74) is 4.49. The highest BCUT2D eigenvalue weighted by Crippen LogP contribution is 2.16. The van der Waals surface area contributed by atoms with Gasteiger partial charge in [0.2, 0.25) is 11.8 Å². The highest BCUT2D eigenvalue weighted by Gasteiger charge is 2.27. The first kappa shape index (κ1) is 48.8. The van der Waals surface area contributed by atoms with Gasteiger partial charge in [-0.2, -0.15) is 25.3 Å². The number of ketones is 5. The van der Waals surface area contributed by atoms with Crippen LogP contribution < -0.4 is 16.4 Å². The quantitative estimate of drug-likeness (QED) is 0.0906. The Hall–Kier alpha value is -2.62. The molecule has 47 heavy (non-hydrogen) atoms. The van der Waals surface area contributed by atoms with Crippen molar-refractivity contribution in [2.75, 3.05) is 24.6 Å². The van der Waals surface area contributed by atoms with Crippen LogP contribution in [-0.2, 0) is 38.4 Å². The van der Waals surface area contributed by atoms with E-state index < -0.39 is 46.7 Å². The van der Waals surface area contributed by atoms with Gasteiger partial charge in [-0.05, 0) is 19.8 Å². The Bertz CT molecular complexity index is 1000. The number of aliphatic hydroxyl groups excluding tert-OH is 1. The SMILES string of the molecule is C.CC(=O)C(N)CCC(=O)CC(CS)C(=O)NCC(=O)C(C)(C)C.CC(C)(C)C(=O)CNC(=O)C(CS)CC(=O)CCC(O)C(=O)O. The topological polar surface area (TPSA) is 227 Å². The molecule has 0 fully saturated rings. The first-order chi connectivity index (χ1) is 21.0. The lowest BCUT2D eigenvalue weighted by Gasteiger charge is -2.19. The van der Waals surface area contributed by atoms with Crippen molar-refractivity contribution in [2.45, 2.75) is 107 Å². The van der Waals surface area contributed by atoms with Gasteiger partial charge >= 0.3 is 5.97 Å². The minimum absolute atomic E-state index is 0. The number of amides is 2. The Balaban J connectivity index is -0.000000807. The van der Waals surface area contributed by atoms with Gasteiger partial charge in [0.05, 0.1) is 31.0 Å². The minimum atomic E-state index is -1.59. The van der Waals surface area contributed by atoms with Crippen LogP contribution in [0.3, 0.4) is 0 Å². The van der Waals surface area contributed by atoms with E-state index in [0.29, 0.717) is 0 Å². The van der Waals surface area contributed by atoms with Crippen LogP contribution in [-0.4, -0.2) is 93.7 Å². The van der Waals surface area contributed by atoms with E-state index >= 15 is 0 Å². The number of nitrogens with one attached hydrogen (secondary N) is 2. The van der Waals surface area contributed by atoms with Crippen LogP contribution in [0.2, 0.25) is 0 Å². The molecule has 0 saturated heterocycles. The van der Waals surface area contributed by atoms with Gasteiger partial charge in [-0.25, -0.2) is 4.79 Å². The number of rotatable bonds is 20. The maximum absolute atomic E-state index is 12.0. The molecule has 0 spiro atoms. The molecule has 2 amide bonds. The van der Waals surface area contributed by atoms with Gasteiger partial charge in [-0.1, -0.05) is 49.0 Å². The van der Waals surface area contributed by atoms with Crippen molar-refractivity contribution in [3.63, 3.8) is 0 Å². The highest BCUT2D eigenvalue weighted by molar-refractivity contribution is 7.80. The molecule has 0 aliphatic rings. The molecular weight excluding hydrogens is 650 g/mol. The Kier molecular flexibility index (Phi) is 24.6. The van der Waals surface area contributed by atoms with E-state index in [1.165, 1.54) is 6.92 Å². The van der Waals surface area contributed by atoms with E-state index in [0.717, 1.165) is 0 Å². The molecule has 0 aliphatic carbocycles. The number of aliphatic carboxylic acids is 1.